The first-order valence-electron chi connectivity index (χ1n) is 11.2. The molecule has 1 amide bonds. The van der Waals surface area contributed by atoms with Crippen LogP contribution in [-0.4, -0.2) is 15.7 Å². The van der Waals surface area contributed by atoms with Gasteiger partial charge in [-0.2, -0.15) is 9.78 Å². The third kappa shape index (κ3) is 5.14. The average molecular weight is 440 g/mol. The molecule has 0 unspecified atom stereocenters. The van der Waals surface area contributed by atoms with Crippen molar-refractivity contribution in [1.29, 1.82) is 0 Å². The Balaban J connectivity index is 1.64. The van der Waals surface area contributed by atoms with Gasteiger partial charge >= 0.3 is 0 Å². The van der Waals surface area contributed by atoms with Crippen LogP contribution < -0.4 is 10.1 Å². The fourth-order valence-corrected chi connectivity index (χ4v) is 3.77. The maximum absolute atomic E-state index is 12.7. The van der Waals surface area contributed by atoms with E-state index in [0.29, 0.717) is 18.7 Å². The number of rotatable bonds is 7. The molecular formula is C28H29N3O2. The molecule has 0 atom stereocenters. The molecule has 0 aliphatic rings. The van der Waals surface area contributed by atoms with Crippen LogP contribution in [-0.2, 0) is 11.2 Å². The lowest BCUT2D eigenvalue weighted by Gasteiger charge is -2.14. The van der Waals surface area contributed by atoms with Crippen LogP contribution in [0.3, 0.4) is 0 Å². The second-order valence-electron chi connectivity index (χ2n) is 8.35. The summed E-state index contributed by atoms with van der Waals surface area (Å²) in [7, 11) is 0. The van der Waals surface area contributed by atoms with Crippen LogP contribution >= 0.6 is 0 Å². The lowest BCUT2D eigenvalue weighted by atomic mass is 10.1. The minimum Gasteiger partial charge on any atom is -0.438 e. The van der Waals surface area contributed by atoms with Crippen LogP contribution in [0.4, 0.5) is 5.69 Å². The predicted molar refractivity (Wildman–Crippen MR) is 132 cm³/mol. The van der Waals surface area contributed by atoms with Gasteiger partial charge in [0.15, 0.2) is 0 Å². The van der Waals surface area contributed by atoms with E-state index in [4.69, 9.17) is 9.84 Å². The van der Waals surface area contributed by atoms with Crippen LogP contribution in [0.25, 0.3) is 5.69 Å². The second kappa shape index (κ2) is 9.74. The SMILES string of the molecule is Cc1ccc(NC(=O)CCc2c(C)nn(-c3ccccc3C)c2Oc2ccccc2C)cc1. The number of ether oxygens (including phenoxy) is 1. The van der Waals surface area contributed by atoms with Crippen molar-refractivity contribution in [3.05, 3.63) is 101 Å². The first kappa shape index (κ1) is 22.3. The first-order valence-corrected chi connectivity index (χ1v) is 11.2. The van der Waals surface area contributed by atoms with Crippen molar-refractivity contribution in [2.45, 2.75) is 40.5 Å². The largest absolute Gasteiger partial charge is 0.438 e. The summed E-state index contributed by atoms with van der Waals surface area (Å²) in [6, 6.07) is 23.8. The Kier molecular flexibility index (Phi) is 6.59. The number of aromatic nitrogens is 2. The molecule has 0 aliphatic carbocycles. The summed E-state index contributed by atoms with van der Waals surface area (Å²) in [5.41, 5.74) is 6.83. The van der Waals surface area contributed by atoms with Gasteiger partial charge in [-0.05, 0) is 69.5 Å². The number of aryl methyl sites for hydroxylation is 4. The molecule has 0 saturated heterocycles. The van der Waals surface area contributed by atoms with Gasteiger partial charge in [0.25, 0.3) is 0 Å². The molecule has 4 aromatic rings. The minimum absolute atomic E-state index is 0.0382. The van der Waals surface area contributed by atoms with Gasteiger partial charge in [0.1, 0.15) is 5.75 Å². The Morgan fingerprint density at radius 2 is 1.55 bits per heavy atom. The maximum atomic E-state index is 12.7. The number of carbonyl (C=O) groups is 1. The standard InChI is InChI=1S/C28H29N3O2/c1-19-13-15-23(16-14-19)29-27(32)18-17-24-22(4)30-31(25-11-7-5-9-20(25)2)28(24)33-26-12-8-6-10-21(26)3/h5-16H,17-18H2,1-4H3,(H,29,32). The van der Waals surface area contributed by atoms with Gasteiger partial charge in [0.05, 0.1) is 11.4 Å². The molecule has 3 aromatic carbocycles. The van der Waals surface area contributed by atoms with Gasteiger partial charge < -0.3 is 10.1 Å². The monoisotopic (exact) mass is 439 g/mol. The highest BCUT2D eigenvalue weighted by molar-refractivity contribution is 5.90. The van der Waals surface area contributed by atoms with Gasteiger partial charge in [-0.15, -0.1) is 0 Å². The van der Waals surface area contributed by atoms with Crippen molar-refractivity contribution in [1.82, 2.24) is 9.78 Å². The van der Waals surface area contributed by atoms with Crippen LogP contribution in [0.2, 0.25) is 0 Å². The highest BCUT2D eigenvalue weighted by atomic mass is 16.5. The van der Waals surface area contributed by atoms with E-state index in [9.17, 15) is 4.79 Å². The molecule has 0 spiro atoms. The van der Waals surface area contributed by atoms with Crippen LogP contribution in [0, 0.1) is 27.7 Å². The summed E-state index contributed by atoms with van der Waals surface area (Å²) in [5.74, 6) is 1.39. The lowest BCUT2D eigenvalue weighted by Crippen LogP contribution is -2.12. The third-order valence-corrected chi connectivity index (χ3v) is 5.72. The lowest BCUT2D eigenvalue weighted by molar-refractivity contribution is -0.116. The molecular weight excluding hydrogens is 410 g/mol. The summed E-state index contributed by atoms with van der Waals surface area (Å²) >= 11 is 0. The highest BCUT2D eigenvalue weighted by Crippen LogP contribution is 2.33. The Bertz CT molecular complexity index is 1270. The minimum atomic E-state index is -0.0382. The van der Waals surface area contributed by atoms with E-state index in [1.807, 2.05) is 92.2 Å². The Labute approximate surface area is 195 Å². The Morgan fingerprint density at radius 3 is 2.24 bits per heavy atom. The van der Waals surface area contributed by atoms with Crippen molar-refractivity contribution < 1.29 is 9.53 Å². The van der Waals surface area contributed by atoms with Crippen molar-refractivity contribution in [2.75, 3.05) is 5.32 Å². The topological polar surface area (TPSA) is 56.2 Å². The van der Waals surface area contributed by atoms with E-state index in [1.165, 1.54) is 0 Å². The van der Waals surface area contributed by atoms with Crippen LogP contribution in [0.5, 0.6) is 11.6 Å². The fourth-order valence-electron chi connectivity index (χ4n) is 3.77. The molecule has 5 nitrogen and oxygen atoms in total. The number of para-hydroxylation sites is 2. The zero-order valence-electron chi connectivity index (χ0n) is 19.6. The van der Waals surface area contributed by atoms with E-state index in [1.54, 1.807) is 0 Å². The van der Waals surface area contributed by atoms with E-state index < -0.39 is 0 Å². The number of amides is 1. The fraction of sp³-hybridized carbons (Fsp3) is 0.214. The Hall–Kier alpha value is -3.86. The van der Waals surface area contributed by atoms with Crippen molar-refractivity contribution in [3.8, 4) is 17.3 Å². The zero-order valence-corrected chi connectivity index (χ0v) is 19.6. The second-order valence-corrected chi connectivity index (χ2v) is 8.35. The third-order valence-electron chi connectivity index (χ3n) is 5.72. The van der Waals surface area contributed by atoms with Crippen molar-refractivity contribution >= 4 is 11.6 Å². The van der Waals surface area contributed by atoms with Gasteiger partial charge in [-0.1, -0.05) is 54.1 Å². The molecule has 0 bridgehead atoms. The Morgan fingerprint density at radius 1 is 0.879 bits per heavy atom. The van der Waals surface area contributed by atoms with Crippen LogP contribution in [0.1, 0.15) is 34.4 Å². The number of anilines is 1. The van der Waals surface area contributed by atoms with E-state index in [0.717, 1.165) is 45.1 Å². The first-order chi connectivity index (χ1) is 15.9. The molecule has 0 aliphatic heterocycles. The normalized spacial score (nSPS) is 10.8. The molecule has 168 valence electrons. The summed E-state index contributed by atoms with van der Waals surface area (Å²) in [6.45, 7) is 8.06. The number of carbonyl (C=O) groups excluding carboxylic acids is 1. The maximum Gasteiger partial charge on any atom is 0.226 e. The van der Waals surface area contributed by atoms with Crippen LogP contribution in [0.15, 0.2) is 72.8 Å². The van der Waals surface area contributed by atoms with Gasteiger partial charge in [0.2, 0.25) is 11.8 Å². The van der Waals surface area contributed by atoms with Crippen molar-refractivity contribution in [3.63, 3.8) is 0 Å². The van der Waals surface area contributed by atoms with E-state index in [-0.39, 0.29) is 5.91 Å². The summed E-state index contributed by atoms with van der Waals surface area (Å²) < 4.78 is 8.29. The molecule has 1 heterocycles. The zero-order chi connectivity index (χ0) is 23.4. The predicted octanol–water partition coefficient (Wildman–Crippen LogP) is 6.47. The molecule has 1 N–H and O–H groups in total. The summed E-state index contributed by atoms with van der Waals surface area (Å²) in [4.78, 5) is 12.7. The van der Waals surface area contributed by atoms with E-state index >= 15 is 0 Å². The quantitative estimate of drug-likeness (QED) is 0.359. The molecule has 0 saturated carbocycles. The number of benzene rings is 3. The number of nitrogens with one attached hydrogen (secondary N) is 1. The van der Waals surface area contributed by atoms with Gasteiger partial charge in [0, 0.05) is 17.7 Å². The number of nitrogens with zero attached hydrogens (tertiary/aromatic N) is 2. The molecule has 4 rings (SSSR count). The van der Waals surface area contributed by atoms with E-state index in [2.05, 4.69) is 18.3 Å². The summed E-state index contributed by atoms with van der Waals surface area (Å²) in [5, 5.41) is 7.78. The molecule has 1 aromatic heterocycles. The van der Waals surface area contributed by atoms with Gasteiger partial charge in [-0.25, -0.2) is 0 Å². The number of hydrogen-bond acceptors (Lipinski definition) is 3. The van der Waals surface area contributed by atoms with Gasteiger partial charge in [-0.3, -0.25) is 4.79 Å². The molecule has 33 heavy (non-hydrogen) atoms. The smallest absolute Gasteiger partial charge is 0.226 e. The highest BCUT2D eigenvalue weighted by Gasteiger charge is 2.21. The molecule has 5 heteroatoms. The molecule has 0 fully saturated rings. The molecule has 0 radical (unpaired) electrons. The van der Waals surface area contributed by atoms with Crippen molar-refractivity contribution in [2.24, 2.45) is 0 Å². The summed E-state index contributed by atoms with van der Waals surface area (Å²) in [6.07, 6.45) is 0.856. The average Bonchev–Trinajstić information content (AvgIpc) is 3.10. The number of hydrogen-bond donors (Lipinski definition) is 1.